The van der Waals surface area contributed by atoms with Gasteiger partial charge < -0.3 is 9.26 Å². The quantitative estimate of drug-likeness (QED) is 0.265. The maximum absolute atomic E-state index is 13.2. The number of benzene rings is 3. The van der Waals surface area contributed by atoms with E-state index in [1.165, 1.54) is 0 Å². The molecule has 0 N–H and O–H groups in total. The highest BCUT2D eigenvalue weighted by molar-refractivity contribution is 7.09. The van der Waals surface area contributed by atoms with Gasteiger partial charge in [-0.05, 0) is 29.5 Å². The average molecular weight is 420 g/mol. The largest absolute Gasteiger partial charge is 0.426 e. The van der Waals surface area contributed by atoms with Crippen LogP contribution in [0.5, 0.6) is 5.75 Å². The monoisotopic (exact) mass is 420 g/mol. The summed E-state index contributed by atoms with van der Waals surface area (Å²) >= 11 is 0. The Kier molecular flexibility index (Phi) is 6.75. The molecule has 0 aliphatic rings. The van der Waals surface area contributed by atoms with Gasteiger partial charge in [0.2, 0.25) is 0 Å². The van der Waals surface area contributed by atoms with Crippen LogP contribution in [0.4, 0.5) is 0 Å². The summed E-state index contributed by atoms with van der Waals surface area (Å²) in [4.78, 5) is 13.2. The maximum Gasteiger partial charge on any atom is 0.314 e. The molecule has 0 aromatic heterocycles. The third kappa shape index (κ3) is 4.80. The molecule has 3 aromatic carbocycles. The Labute approximate surface area is 181 Å². The van der Waals surface area contributed by atoms with Crippen LogP contribution in [0.1, 0.15) is 49.4 Å². The lowest BCUT2D eigenvalue weighted by molar-refractivity contribution is -0.137. The van der Waals surface area contributed by atoms with Crippen molar-refractivity contribution in [3.63, 3.8) is 0 Å². The molecule has 0 saturated heterocycles. The predicted molar refractivity (Wildman–Crippen MR) is 125 cm³/mol. The Hall–Kier alpha value is -2.48. The normalized spacial score (nSPS) is 11.9. The van der Waals surface area contributed by atoms with E-state index in [1.54, 1.807) is 0 Å². The Morgan fingerprint density at radius 3 is 1.87 bits per heavy atom. The fourth-order valence-electron chi connectivity index (χ4n) is 3.64. The number of aryl methyl sites for hydroxylation is 1. The molecule has 0 saturated carbocycles. The van der Waals surface area contributed by atoms with Gasteiger partial charge in [-0.2, -0.15) is 0 Å². The van der Waals surface area contributed by atoms with Crippen LogP contribution in [0.2, 0.25) is 0 Å². The SMILES string of the molecule is Cc1ccc(OC(=O)CC(OP)(c2ccccc2)c2ccccc2)c(C(C)(C)C)c1. The minimum Gasteiger partial charge on any atom is -0.426 e. The number of rotatable bonds is 6. The Balaban J connectivity index is 1.98. The molecule has 0 radical (unpaired) electrons. The van der Waals surface area contributed by atoms with Crippen LogP contribution in [0.3, 0.4) is 0 Å². The molecule has 0 heterocycles. The summed E-state index contributed by atoms with van der Waals surface area (Å²) in [6.45, 7) is 8.38. The molecule has 0 aliphatic heterocycles. The molecule has 4 heteroatoms. The fraction of sp³-hybridized carbons (Fsp3) is 0.269. The number of hydrogen-bond acceptors (Lipinski definition) is 3. The van der Waals surface area contributed by atoms with Gasteiger partial charge in [-0.25, -0.2) is 0 Å². The summed E-state index contributed by atoms with van der Waals surface area (Å²) < 4.78 is 11.9. The summed E-state index contributed by atoms with van der Waals surface area (Å²) in [6, 6.07) is 25.5. The van der Waals surface area contributed by atoms with E-state index < -0.39 is 5.60 Å². The van der Waals surface area contributed by atoms with E-state index in [-0.39, 0.29) is 17.8 Å². The van der Waals surface area contributed by atoms with Crippen LogP contribution < -0.4 is 4.74 Å². The zero-order chi connectivity index (χ0) is 21.8. The first kappa shape index (κ1) is 22.2. The third-order valence-corrected chi connectivity index (χ3v) is 5.64. The van der Waals surface area contributed by atoms with Crippen molar-refractivity contribution in [3.8, 4) is 5.75 Å². The molecule has 0 fully saturated rings. The van der Waals surface area contributed by atoms with Crippen molar-refractivity contribution in [2.45, 2.75) is 45.1 Å². The topological polar surface area (TPSA) is 35.5 Å². The lowest BCUT2D eigenvalue weighted by Crippen LogP contribution is -2.33. The molecule has 0 amide bonds. The molecule has 0 aliphatic carbocycles. The molecule has 0 spiro atoms. The van der Waals surface area contributed by atoms with E-state index in [2.05, 4.69) is 36.3 Å². The van der Waals surface area contributed by atoms with Crippen LogP contribution in [-0.2, 0) is 20.3 Å². The molecule has 0 bridgehead atoms. The van der Waals surface area contributed by atoms with Gasteiger partial charge in [-0.1, -0.05) is 99.1 Å². The first-order valence-corrected chi connectivity index (χ1v) is 10.5. The molecular weight excluding hydrogens is 391 g/mol. The van der Waals surface area contributed by atoms with Gasteiger partial charge in [0.05, 0.1) is 6.42 Å². The van der Waals surface area contributed by atoms with Gasteiger partial charge in [0.25, 0.3) is 0 Å². The summed E-state index contributed by atoms with van der Waals surface area (Å²) in [6.07, 6.45) is 0.0436. The lowest BCUT2D eigenvalue weighted by Gasteiger charge is -2.33. The van der Waals surface area contributed by atoms with Gasteiger partial charge in [-0.15, -0.1) is 0 Å². The zero-order valence-electron chi connectivity index (χ0n) is 18.0. The highest BCUT2D eigenvalue weighted by atomic mass is 31.0. The molecule has 156 valence electrons. The van der Waals surface area contributed by atoms with Crippen molar-refractivity contribution in [2.75, 3.05) is 0 Å². The number of hydrogen-bond donors (Lipinski definition) is 0. The minimum atomic E-state index is -0.961. The van der Waals surface area contributed by atoms with Gasteiger partial charge in [0, 0.05) is 15.0 Å². The molecule has 3 rings (SSSR count). The van der Waals surface area contributed by atoms with Gasteiger partial charge in [-0.3, -0.25) is 4.79 Å². The van der Waals surface area contributed by atoms with Gasteiger partial charge in [0.1, 0.15) is 11.4 Å². The van der Waals surface area contributed by atoms with Crippen LogP contribution in [0.15, 0.2) is 78.9 Å². The van der Waals surface area contributed by atoms with E-state index in [9.17, 15) is 4.79 Å². The number of ether oxygens (including phenoxy) is 1. The smallest absolute Gasteiger partial charge is 0.314 e. The zero-order valence-corrected chi connectivity index (χ0v) is 19.2. The molecule has 1 unspecified atom stereocenters. The molecule has 3 aromatic rings. The molecule has 3 nitrogen and oxygen atoms in total. The highest BCUT2D eigenvalue weighted by Crippen LogP contribution is 2.40. The number of esters is 1. The van der Waals surface area contributed by atoms with Crippen molar-refractivity contribution >= 4 is 15.4 Å². The van der Waals surface area contributed by atoms with E-state index in [1.807, 2.05) is 79.7 Å². The molecule has 30 heavy (non-hydrogen) atoms. The second kappa shape index (κ2) is 9.12. The van der Waals surface area contributed by atoms with Gasteiger partial charge >= 0.3 is 5.97 Å². The second-order valence-corrected chi connectivity index (χ2v) is 8.81. The minimum absolute atomic E-state index is 0.0436. The maximum atomic E-state index is 13.2. The predicted octanol–water partition coefficient (Wildman–Crippen LogP) is 6.34. The van der Waals surface area contributed by atoms with Crippen LogP contribution in [0.25, 0.3) is 0 Å². The second-order valence-electron chi connectivity index (χ2n) is 8.58. The van der Waals surface area contributed by atoms with Crippen molar-refractivity contribution in [1.29, 1.82) is 0 Å². The summed E-state index contributed by atoms with van der Waals surface area (Å²) in [7, 11) is 2.34. The first-order chi connectivity index (χ1) is 14.3. The van der Waals surface area contributed by atoms with Crippen molar-refractivity contribution < 1.29 is 14.1 Å². The van der Waals surface area contributed by atoms with Crippen molar-refractivity contribution in [3.05, 3.63) is 101 Å². The van der Waals surface area contributed by atoms with E-state index in [0.717, 1.165) is 22.3 Å². The summed E-state index contributed by atoms with van der Waals surface area (Å²) in [5, 5.41) is 0. The number of carbonyl (C=O) groups is 1. The third-order valence-electron chi connectivity index (χ3n) is 5.24. The Morgan fingerprint density at radius 2 is 1.40 bits per heavy atom. The molecular formula is C26H29O3P. The summed E-state index contributed by atoms with van der Waals surface area (Å²) in [5.74, 6) is 0.247. The van der Waals surface area contributed by atoms with E-state index in [4.69, 9.17) is 9.26 Å². The van der Waals surface area contributed by atoms with Crippen LogP contribution in [-0.4, -0.2) is 5.97 Å². The number of carbonyl (C=O) groups excluding carboxylic acids is 1. The fourth-order valence-corrected chi connectivity index (χ4v) is 4.00. The standard InChI is InChI=1S/C26H29O3P/c1-19-15-16-23(22(17-19)25(2,3)4)28-24(27)18-26(29-30,20-11-7-5-8-12-20)21-13-9-6-10-14-21/h5-17H,18,30H2,1-4H3. The summed E-state index contributed by atoms with van der Waals surface area (Å²) in [5.41, 5.74) is 2.82. The van der Waals surface area contributed by atoms with Crippen molar-refractivity contribution in [1.82, 2.24) is 0 Å². The van der Waals surface area contributed by atoms with Gasteiger partial charge in [0.15, 0.2) is 0 Å². The average Bonchev–Trinajstić information content (AvgIpc) is 2.74. The van der Waals surface area contributed by atoms with Crippen LogP contribution >= 0.6 is 9.47 Å². The van der Waals surface area contributed by atoms with E-state index >= 15 is 0 Å². The lowest BCUT2D eigenvalue weighted by atomic mass is 9.83. The Morgan fingerprint density at radius 1 is 0.867 bits per heavy atom. The highest BCUT2D eigenvalue weighted by Gasteiger charge is 2.38. The van der Waals surface area contributed by atoms with Crippen LogP contribution in [0, 0.1) is 6.92 Å². The Bertz CT molecular complexity index is 952. The van der Waals surface area contributed by atoms with E-state index in [0.29, 0.717) is 5.75 Å². The molecule has 1 atom stereocenters. The van der Waals surface area contributed by atoms with Crippen molar-refractivity contribution in [2.24, 2.45) is 0 Å². The first-order valence-electron chi connectivity index (χ1n) is 10.1.